The van der Waals surface area contributed by atoms with Gasteiger partial charge in [0.25, 0.3) is 0 Å². The van der Waals surface area contributed by atoms with E-state index in [1.807, 2.05) is 9.80 Å². The fraction of sp³-hybridized carbons (Fsp3) is 0.636. The lowest BCUT2D eigenvalue weighted by atomic mass is 9.94. The first-order valence-electron chi connectivity index (χ1n) is 10.3. The van der Waals surface area contributed by atoms with Crippen molar-refractivity contribution in [2.45, 2.75) is 58.9 Å². The number of benzene rings is 1. The first kappa shape index (κ1) is 19.7. The molecule has 5 heteroatoms. The van der Waals surface area contributed by atoms with Crippen molar-refractivity contribution < 1.29 is 9.59 Å². The highest BCUT2D eigenvalue weighted by atomic mass is 16.2. The molecule has 0 N–H and O–H groups in total. The van der Waals surface area contributed by atoms with E-state index in [1.54, 1.807) is 6.92 Å². The van der Waals surface area contributed by atoms with Crippen LogP contribution >= 0.6 is 0 Å². The average molecular weight is 372 g/mol. The fourth-order valence-electron chi connectivity index (χ4n) is 4.41. The molecule has 148 valence electrons. The molecule has 1 aliphatic carbocycles. The number of carbonyl (C=O) groups excluding carboxylic acids is 2. The first-order valence-corrected chi connectivity index (χ1v) is 10.3. The lowest BCUT2D eigenvalue weighted by Gasteiger charge is -2.39. The summed E-state index contributed by atoms with van der Waals surface area (Å²) in [7, 11) is 0. The Morgan fingerprint density at radius 2 is 1.70 bits per heavy atom. The molecule has 1 saturated heterocycles. The van der Waals surface area contributed by atoms with Gasteiger partial charge in [-0.25, -0.2) is 0 Å². The number of hydrogen-bond donors (Lipinski definition) is 0. The van der Waals surface area contributed by atoms with Crippen LogP contribution in [0, 0.1) is 13.8 Å². The molecule has 2 amide bonds. The highest BCUT2D eigenvalue weighted by molar-refractivity contribution is 5.84. The van der Waals surface area contributed by atoms with Crippen LogP contribution in [-0.2, 0) is 9.59 Å². The van der Waals surface area contributed by atoms with Crippen LogP contribution in [0.15, 0.2) is 18.2 Å². The molecule has 1 aliphatic heterocycles. The molecule has 2 fully saturated rings. The lowest BCUT2D eigenvalue weighted by molar-refractivity contribution is -0.142. The van der Waals surface area contributed by atoms with E-state index in [0.717, 1.165) is 51.9 Å². The van der Waals surface area contributed by atoms with Crippen molar-refractivity contribution in [3.8, 4) is 0 Å². The van der Waals surface area contributed by atoms with Gasteiger partial charge in [0.05, 0.1) is 6.54 Å². The maximum Gasteiger partial charge on any atom is 0.242 e. The summed E-state index contributed by atoms with van der Waals surface area (Å²) in [4.78, 5) is 31.1. The molecule has 0 spiro atoms. The zero-order valence-electron chi connectivity index (χ0n) is 17.0. The second-order valence-corrected chi connectivity index (χ2v) is 8.03. The maximum atomic E-state index is 12.8. The Bertz CT molecular complexity index is 674. The molecule has 0 unspecified atom stereocenters. The summed E-state index contributed by atoms with van der Waals surface area (Å²) >= 11 is 0. The summed E-state index contributed by atoms with van der Waals surface area (Å²) in [5.74, 6) is 0.126. The number of piperazine rings is 1. The highest BCUT2D eigenvalue weighted by Gasteiger charge is 2.28. The molecular formula is C22H33N3O2. The molecule has 0 atom stereocenters. The number of nitrogens with zero attached hydrogens (tertiary/aromatic N) is 3. The smallest absolute Gasteiger partial charge is 0.242 e. The minimum Gasteiger partial charge on any atom is -0.368 e. The summed E-state index contributed by atoms with van der Waals surface area (Å²) in [5, 5.41) is 0. The van der Waals surface area contributed by atoms with Gasteiger partial charge in [0, 0.05) is 44.8 Å². The van der Waals surface area contributed by atoms with Crippen LogP contribution in [0.3, 0.4) is 0 Å². The number of amides is 2. The molecular weight excluding hydrogens is 338 g/mol. The van der Waals surface area contributed by atoms with E-state index in [0.29, 0.717) is 0 Å². The van der Waals surface area contributed by atoms with Crippen molar-refractivity contribution in [2.24, 2.45) is 0 Å². The third-order valence-corrected chi connectivity index (χ3v) is 6.27. The molecule has 1 aromatic rings. The van der Waals surface area contributed by atoms with Gasteiger partial charge < -0.3 is 14.7 Å². The van der Waals surface area contributed by atoms with Gasteiger partial charge in [0.15, 0.2) is 0 Å². The molecule has 0 radical (unpaired) electrons. The second-order valence-electron chi connectivity index (χ2n) is 8.03. The van der Waals surface area contributed by atoms with Crippen molar-refractivity contribution >= 4 is 17.5 Å². The first-order chi connectivity index (χ1) is 13.0. The Kier molecular flexibility index (Phi) is 6.40. The third-order valence-electron chi connectivity index (χ3n) is 6.27. The Morgan fingerprint density at radius 1 is 1.04 bits per heavy atom. The van der Waals surface area contributed by atoms with Gasteiger partial charge in [0.2, 0.25) is 11.8 Å². The molecule has 1 heterocycles. The minimum atomic E-state index is 0.0317. The van der Waals surface area contributed by atoms with Crippen LogP contribution in [0.4, 0.5) is 5.69 Å². The number of carbonyl (C=O) groups is 2. The monoisotopic (exact) mass is 371 g/mol. The van der Waals surface area contributed by atoms with Crippen LogP contribution in [0.5, 0.6) is 0 Å². The fourth-order valence-corrected chi connectivity index (χ4v) is 4.41. The summed E-state index contributed by atoms with van der Waals surface area (Å²) in [6.45, 7) is 9.28. The van der Waals surface area contributed by atoms with Gasteiger partial charge >= 0.3 is 0 Å². The van der Waals surface area contributed by atoms with Crippen molar-refractivity contribution in [3.05, 3.63) is 29.3 Å². The zero-order valence-corrected chi connectivity index (χ0v) is 17.0. The van der Waals surface area contributed by atoms with E-state index >= 15 is 0 Å². The average Bonchev–Trinajstić information content (AvgIpc) is 2.68. The standard InChI is InChI=1S/C22H33N3O2/c1-17-8-7-11-21(18(17)2)23-12-14-24(15-13-23)22(27)16-25(19(3)26)20-9-5-4-6-10-20/h7-8,11,20H,4-6,9-10,12-16H2,1-3H3. The van der Waals surface area contributed by atoms with Crippen LogP contribution in [0.25, 0.3) is 0 Å². The summed E-state index contributed by atoms with van der Waals surface area (Å²) in [6, 6.07) is 6.65. The van der Waals surface area contributed by atoms with Crippen molar-refractivity contribution in [3.63, 3.8) is 0 Å². The Balaban J connectivity index is 1.57. The third kappa shape index (κ3) is 4.63. The predicted molar refractivity (Wildman–Crippen MR) is 109 cm³/mol. The van der Waals surface area contributed by atoms with Crippen molar-refractivity contribution in [2.75, 3.05) is 37.6 Å². The van der Waals surface area contributed by atoms with E-state index in [9.17, 15) is 9.59 Å². The van der Waals surface area contributed by atoms with Gasteiger partial charge in [0.1, 0.15) is 0 Å². The molecule has 2 aliphatic rings. The number of rotatable bonds is 4. The molecule has 27 heavy (non-hydrogen) atoms. The predicted octanol–water partition coefficient (Wildman–Crippen LogP) is 3.13. The van der Waals surface area contributed by atoms with Gasteiger partial charge in [-0.05, 0) is 43.9 Å². The number of hydrogen-bond acceptors (Lipinski definition) is 3. The normalized spacial score (nSPS) is 18.5. The lowest BCUT2D eigenvalue weighted by Crippen LogP contribution is -2.53. The number of anilines is 1. The largest absolute Gasteiger partial charge is 0.368 e. The molecule has 0 bridgehead atoms. The molecule has 1 aromatic carbocycles. The van der Waals surface area contributed by atoms with E-state index in [4.69, 9.17) is 0 Å². The van der Waals surface area contributed by atoms with Crippen molar-refractivity contribution in [1.82, 2.24) is 9.80 Å². The van der Waals surface area contributed by atoms with Crippen LogP contribution < -0.4 is 4.90 Å². The second kappa shape index (κ2) is 8.77. The maximum absolute atomic E-state index is 12.8. The molecule has 5 nitrogen and oxygen atoms in total. The van der Waals surface area contributed by atoms with Gasteiger partial charge in [-0.1, -0.05) is 31.4 Å². The number of aryl methyl sites for hydroxylation is 1. The highest BCUT2D eigenvalue weighted by Crippen LogP contribution is 2.25. The van der Waals surface area contributed by atoms with Crippen molar-refractivity contribution in [1.29, 1.82) is 0 Å². The van der Waals surface area contributed by atoms with Crippen LogP contribution in [0.1, 0.15) is 50.2 Å². The van der Waals surface area contributed by atoms with Gasteiger partial charge in [-0.15, -0.1) is 0 Å². The topological polar surface area (TPSA) is 43.9 Å². The summed E-state index contributed by atoms with van der Waals surface area (Å²) in [5.41, 5.74) is 3.89. The SMILES string of the molecule is CC(=O)N(CC(=O)N1CCN(c2cccc(C)c2C)CC1)C1CCCCC1. The van der Waals surface area contributed by atoms with Crippen LogP contribution in [-0.4, -0.2) is 60.4 Å². The van der Waals surface area contributed by atoms with E-state index in [-0.39, 0.29) is 24.4 Å². The van der Waals surface area contributed by atoms with Crippen LogP contribution in [0.2, 0.25) is 0 Å². The molecule has 1 saturated carbocycles. The minimum absolute atomic E-state index is 0.0317. The van der Waals surface area contributed by atoms with E-state index in [1.165, 1.54) is 23.2 Å². The quantitative estimate of drug-likeness (QED) is 0.817. The molecule has 3 rings (SSSR count). The molecule has 0 aromatic heterocycles. The van der Waals surface area contributed by atoms with Gasteiger partial charge in [-0.3, -0.25) is 9.59 Å². The summed E-state index contributed by atoms with van der Waals surface area (Å²) in [6.07, 6.45) is 5.64. The van der Waals surface area contributed by atoms with E-state index in [2.05, 4.69) is 36.9 Å². The Hall–Kier alpha value is -2.04. The zero-order chi connectivity index (χ0) is 19.4. The Morgan fingerprint density at radius 3 is 2.33 bits per heavy atom. The van der Waals surface area contributed by atoms with Gasteiger partial charge in [-0.2, -0.15) is 0 Å². The van der Waals surface area contributed by atoms with E-state index < -0.39 is 0 Å². The summed E-state index contributed by atoms with van der Waals surface area (Å²) < 4.78 is 0. The Labute approximate surface area is 163 Å².